The van der Waals surface area contributed by atoms with Crippen molar-refractivity contribution in [2.45, 2.75) is 131 Å². The number of esters is 4. The second-order valence-corrected chi connectivity index (χ2v) is 17.9. The average Bonchev–Trinajstić information content (AvgIpc) is 3.41. The minimum atomic E-state index is -1.85. The maximum absolute atomic E-state index is 13.4. The zero-order valence-corrected chi connectivity index (χ0v) is 40.8. The van der Waals surface area contributed by atoms with E-state index >= 15 is 0 Å². The predicted molar refractivity (Wildman–Crippen MR) is 243 cm³/mol. The van der Waals surface area contributed by atoms with Crippen LogP contribution in [0.3, 0.4) is 0 Å². The smallest absolute Gasteiger partial charge is 0.337 e. The standard InChI is InChI=1S/C48H64O27/c1-5-22-24(26(42(62)64-3)17-68-44(22)74-47-40(60)36(56)33(53)28(15-49)71-47)13-31(51)66-12-11-20-7-9-21(10-8-20)70-46-39(59)38(58)35(55)30(73-46)19-67-32(52)14-25-23(6-2)45(69-18-27(25)43(63)65-4)75-48-41(61)37(57)34(54)29(16-50)72-48/h5-10,17-18,23-25,28-30,33-41,44-50,53-61H,2,11-16,19H2,1,3-4H3. The van der Waals surface area contributed by atoms with Gasteiger partial charge in [0.05, 0.1) is 70.6 Å². The van der Waals surface area contributed by atoms with Gasteiger partial charge in [0.2, 0.25) is 18.9 Å². The first-order valence-corrected chi connectivity index (χ1v) is 23.7. The van der Waals surface area contributed by atoms with Crippen LogP contribution in [0.4, 0.5) is 0 Å². The molecule has 0 bridgehead atoms. The molecule has 1 aromatic rings. The molecule has 0 aromatic heterocycles. The van der Waals surface area contributed by atoms with Gasteiger partial charge in [0.25, 0.3) is 0 Å². The van der Waals surface area contributed by atoms with Crippen LogP contribution in [-0.2, 0) is 77.7 Å². The molecular formula is C48H64O27. The molecule has 5 aliphatic rings. The van der Waals surface area contributed by atoms with Crippen LogP contribution in [0, 0.1) is 17.8 Å². The van der Waals surface area contributed by atoms with Crippen LogP contribution in [0.1, 0.15) is 25.3 Å². The number of carbonyl (C=O) groups excluding carboxylic acids is 4. The second-order valence-electron chi connectivity index (χ2n) is 17.9. The van der Waals surface area contributed by atoms with E-state index in [2.05, 4.69) is 6.58 Å². The number of aliphatic hydroxyl groups is 11. The monoisotopic (exact) mass is 1070 g/mol. The molecule has 0 saturated carbocycles. The highest BCUT2D eigenvalue weighted by atomic mass is 16.8. The zero-order valence-electron chi connectivity index (χ0n) is 40.8. The lowest BCUT2D eigenvalue weighted by atomic mass is 9.81. The van der Waals surface area contributed by atoms with Gasteiger partial charge in [-0.15, -0.1) is 6.58 Å². The molecule has 5 heterocycles. The fraction of sp³-hybridized carbons (Fsp3) is 0.625. The molecule has 5 aliphatic heterocycles. The molecule has 418 valence electrons. The van der Waals surface area contributed by atoms with Crippen molar-refractivity contribution in [1.29, 1.82) is 0 Å². The average molecular weight is 1070 g/mol. The van der Waals surface area contributed by atoms with E-state index in [-0.39, 0.29) is 35.5 Å². The molecule has 3 saturated heterocycles. The van der Waals surface area contributed by atoms with Crippen molar-refractivity contribution in [3.8, 4) is 5.75 Å². The summed E-state index contributed by atoms with van der Waals surface area (Å²) in [5.41, 5.74) is 0.661. The number of rotatable bonds is 20. The molecule has 0 spiro atoms. The number of carbonyl (C=O) groups is 4. The highest BCUT2D eigenvalue weighted by molar-refractivity contribution is 5.91. The van der Waals surface area contributed by atoms with Crippen molar-refractivity contribution >= 4 is 23.9 Å². The molecule has 20 atom stereocenters. The summed E-state index contributed by atoms with van der Waals surface area (Å²) in [4.78, 5) is 52.1. The van der Waals surface area contributed by atoms with E-state index in [1.807, 2.05) is 0 Å². The Morgan fingerprint density at radius 3 is 1.69 bits per heavy atom. The van der Waals surface area contributed by atoms with Crippen LogP contribution in [0.5, 0.6) is 5.75 Å². The molecule has 20 unspecified atom stereocenters. The Morgan fingerprint density at radius 1 is 0.613 bits per heavy atom. The number of methoxy groups -OCH3 is 2. The lowest BCUT2D eigenvalue weighted by Crippen LogP contribution is -2.60. The summed E-state index contributed by atoms with van der Waals surface area (Å²) in [6.45, 7) is 3.04. The maximum atomic E-state index is 13.4. The molecule has 75 heavy (non-hydrogen) atoms. The molecule has 0 aliphatic carbocycles. The van der Waals surface area contributed by atoms with Crippen LogP contribution >= 0.6 is 0 Å². The van der Waals surface area contributed by atoms with Gasteiger partial charge in [0, 0.05) is 29.7 Å². The Bertz CT molecular complexity index is 2200. The van der Waals surface area contributed by atoms with Crippen molar-refractivity contribution in [3.63, 3.8) is 0 Å². The molecule has 1 aromatic carbocycles. The molecule has 27 heteroatoms. The molecular weight excluding hydrogens is 1010 g/mol. The number of hydrogen-bond donors (Lipinski definition) is 11. The van der Waals surface area contributed by atoms with E-state index < -0.39 is 179 Å². The summed E-state index contributed by atoms with van der Waals surface area (Å²) < 4.78 is 65.7. The SMILES string of the molecule is C=CC1C(OC2OC(CO)C(O)C(O)C2O)OC=C(C(=O)OC)C1CC(=O)OCC1OC(Oc2ccc(CCOC(=O)CC3C(C(=O)OC)=COC(OC4OC(CO)C(O)C(O)C4O)C3=CC)cc2)C(O)C(O)C1O. The summed E-state index contributed by atoms with van der Waals surface area (Å²) in [5, 5.41) is 113. The lowest BCUT2D eigenvalue weighted by Gasteiger charge is -2.43. The topological polar surface area (TPSA) is 402 Å². The number of allylic oxidation sites excluding steroid dienone is 1. The Hall–Kier alpha value is -5.18. The van der Waals surface area contributed by atoms with Gasteiger partial charge in [0.1, 0.15) is 85.6 Å². The third kappa shape index (κ3) is 13.7. The van der Waals surface area contributed by atoms with Gasteiger partial charge in [-0.3, -0.25) is 9.59 Å². The third-order valence-electron chi connectivity index (χ3n) is 13.2. The minimum Gasteiger partial charge on any atom is -0.471 e. The van der Waals surface area contributed by atoms with E-state index in [4.69, 9.17) is 56.8 Å². The van der Waals surface area contributed by atoms with E-state index in [9.17, 15) is 75.3 Å². The fourth-order valence-corrected chi connectivity index (χ4v) is 8.86. The van der Waals surface area contributed by atoms with Gasteiger partial charge in [-0.25, -0.2) is 9.59 Å². The fourth-order valence-electron chi connectivity index (χ4n) is 8.86. The summed E-state index contributed by atoms with van der Waals surface area (Å²) in [7, 11) is 2.21. The van der Waals surface area contributed by atoms with Crippen molar-refractivity contribution in [3.05, 3.63) is 77.8 Å². The Labute approximate surface area is 428 Å². The highest BCUT2D eigenvalue weighted by Gasteiger charge is 2.50. The summed E-state index contributed by atoms with van der Waals surface area (Å²) in [6, 6.07) is 6.16. The maximum Gasteiger partial charge on any atom is 0.337 e. The van der Waals surface area contributed by atoms with Crippen molar-refractivity contribution in [2.24, 2.45) is 17.8 Å². The molecule has 3 fully saturated rings. The first-order chi connectivity index (χ1) is 35.8. The highest BCUT2D eigenvalue weighted by Crippen LogP contribution is 2.39. The van der Waals surface area contributed by atoms with Crippen LogP contribution in [0.25, 0.3) is 0 Å². The quantitative estimate of drug-likeness (QED) is 0.0334. The van der Waals surface area contributed by atoms with E-state index in [1.54, 1.807) is 19.1 Å². The van der Waals surface area contributed by atoms with E-state index in [0.717, 1.165) is 26.7 Å². The number of aliphatic hydroxyl groups excluding tert-OH is 11. The molecule has 0 radical (unpaired) electrons. The van der Waals surface area contributed by atoms with Gasteiger partial charge >= 0.3 is 23.9 Å². The first-order valence-electron chi connectivity index (χ1n) is 23.7. The number of ether oxygens (including phenoxy) is 12. The Kier molecular flexibility index (Phi) is 21.1. The molecule has 11 N–H and O–H groups in total. The van der Waals surface area contributed by atoms with Gasteiger partial charge in [-0.2, -0.15) is 0 Å². The molecule has 6 rings (SSSR count). The van der Waals surface area contributed by atoms with Crippen molar-refractivity contribution < 1.29 is 132 Å². The van der Waals surface area contributed by atoms with Gasteiger partial charge in [-0.1, -0.05) is 24.3 Å². The summed E-state index contributed by atoms with van der Waals surface area (Å²) in [5.74, 6) is -6.48. The second kappa shape index (κ2) is 26.7. The lowest BCUT2D eigenvalue weighted by molar-refractivity contribution is -0.339. The Morgan fingerprint density at radius 2 is 1.13 bits per heavy atom. The first kappa shape index (κ1) is 59.1. The normalized spacial score (nSPS) is 37.4. The van der Waals surface area contributed by atoms with Crippen LogP contribution in [0.2, 0.25) is 0 Å². The summed E-state index contributed by atoms with van der Waals surface area (Å²) in [6.07, 6.45) is -23.6. The van der Waals surface area contributed by atoms with Crippen molar-refractivity contribution in [1.82, 2.24) is 0 Å². The van der Waals surface area contributed by atoms with Gasteiger partial charge < -0.3 is 113 Å². The van der Waals surface area contributed by atoms with Crippen molar-refractivity contribution in [2.75, 3.05) is 40.6 Å². The van der Waals surface area contributed by atoms with E-state index in [1.165, 1.54) is 24.3 Å². The molecule has 0 amide bonds. The Balaban J connectivity index is 1.01. The third-order valence-corrected chi connectivity index (χ3v) is 13.2. The van der Waals surface area contributed by atoms with Gasteiger partial charge in [-0.05, 0) is 24.6 Å². The molecule has 27 nitrogen and oxygen atoms in total. The summed E-state index contributed by atoms with van der Waals surface area (Å²) >= 11 is 0. The zero-order chi connectivity index (χ0) is 54.8. The van der Waals surface area contributed by atoms with Crippen LogP contribution in [-0.4, -0.2) is 225 Å². The number of benzene rings is 1. The number of hydrogen-bond acceptors (Lipinski definition) is 27. The van der Waals surface area contributed by atoms with Crippen LogP contribution < -0.4 is 4.74 Å². The predicted octanol–water partition coefficient (Wildman–Crippen LogP) is -4.28. The van der Waals surface area contributed by atoms with Gasteiger partial charge in [0.15, 0.2) is 12.6 Å². The van der Waals surface area contributed by atoms with Crippen LogP contribution in [0.15, 0.2) is 72.2 Å². The minimum absolute atomic E-state index is 0.0601. The van der Waals surface area contributed by atoms with E-state index in [0.29, 0.717) is 5.56 Å². The largest absolute Gasteiger partial charge is 0.471 e.